The molecule has 1 aromatic carbocycles. The molecule has 0 spiro atoms. The second-order valence-corrected chi connectivity index (χ2v) is 5.54. The fourth-order valence-electron chi connectivity index (χ4n) is 2.52. The Kier molecular flexibility index (Phi) is 6.38. The maximum absolute atomic E-state index is 13.2. The number of hydrogen-bond acceptors (Lipinski definition) is 3. The van der Waals surface area contributed by atoms with Crippen molar-refractivity contribution in [3.8, 4) is 0 Å². The summed E-state index contributed by atoms with van der Waals surface area (Å²) in [5, 5.41) is 0. The zero-order valence-electron chi connectivity index (χ0n) is 14.2. The Hall–Kier alpha value is -3.28. The fourth-order valence-corrected chi connectivity index (χ4v) is 2.52. The minimum atomic E-state index is -1.39. The fraction of sp³-hybridized carbons (Fsp3) is 0.150. The number of ketones is 1. The second-order valence-electron chi connectivity index (χ2n) is 5.54. The van der Waals surface area contributed by atoms with Crippen LogP contribution in [0.5, 0.6) is 0 Å². The van der Waals surface area contributed by atoms with Crippen LogP contribution < -0.4 is 5.56 Å². The highest BCUT2D eigenvalue weighted by Crippen LogP contribution is 2.17. The van der Waals surface area contributed by atoms with Crippen LogP contribution in [0.15, 0.2) is 78.8 Å². The predicted molar refractivity (Wildman–Crippen MR) is 97.4 cm³/mol. The van der Waals surface area contributed by atoms with Gasteiger partial charge < -0.3 is 4.90 Å². The highest BCUT2D eigenvalue weighted by Gasteiger charge is 2.32. The maximum Gasteiger partial charge on any atom is 0.254 e. The number of rotatable bonds is 8. The lowest BCUT2D eigenvalue weighted by molar-refractivity contribution is -0.132. The maximum atomic E-state index is 13.2. The molecule has 1 aromatic heterocycles. The summed E-state index contributed by atoms with van der Waals surface area (Å²) in [6.07, 6.45) is 4.43. The minimum Gasteiger partial charge on any atom is -0.333 e. The summed E-state index contributed by atoms with van der Waals surface area (Å²) in [6, 6.07) is 7.80. The molecule has 2 rings (SSSR count). The van der Waals surface area contributed by atoms with Crippen LogP contribution in [-0.2, 0) is 4.79 Å². The smallest absolute Gasteiger partial charge is 0.254 e. The van der Waals surface area contributed by atoms with Crippen LogP contribution in [0.2, 0.25) is 0 Å². The highest BCUT2D eigenvalue weighted by molar-refractivity contribution is 6.11. The number of nitrogens with zero attached hydrogens (tertiary/aromatic N) is 2. The zero-order chi connectivity index (χ0) is 19.1. The van der Waals surface area contributed by atoms with Crippen molar-refractivity contribution in [3.63, 3.8) is 0 Å². The number of carbonyl (C=O) groups excluding carboxylic acids is 2. The Labute approximate surface area is 150 Å². The molecule has 0 aliphatic carbocycles. The highest BCUT2D eigenvalue weighted by atomic mass is 19.1. The molecule has 134 valence electrons. The lowest BCUT2D eigenvalue weighted by Gasteiger charge is -2.26. The first-order chi connectivity index (χ1) is 12.5. The van der Waals surface area contributed by atoms with Gasteiger partial charge in [0.25, 0.3) is 11.5 Å². The van der Waals surface area contributed by atoms with Crippen molar-refractivity contribution >= 4 is 11.7 Å². The molecular formula is C20H19FN2O3. The lowest BCUT2D eigenvalue weighted by atomic mass is 10.0. The van der Waals surface area contributed by atoms with Crippen molar-refractivity contribution < 1.29 is 14.0 Å². The van der Waals surface area contributed by atoms with Crippen LogP contribution in [-0.4, -0.2) is 34.2 Å². The molecule has 1 amide bonds. The largest absolute Gasteiger partial charge is 0.333 e. The third-order valence-electron chi connectivity index (χ3n) is 3.75. The molecule has 0 aliphatic rings. The zero-order valence-corrected chi connectivity index (χ0v) is 14.2. The normalized spacial score (nSPS) is 11.4. The molecule has 0 unspecified atom stereocenters. The number of carbonyl (C=O) groups is 2. The Morgan fingerprint density at radius 1 is 1.08 bits per heavy atom. The summed E-state index contributed by atoms with van der Waals surface area (Å²) in [6.45, 7) is 7.60. The molecule has 0 N–H and O–H groups in total. The van der Waals surface area contributed by atoms with Gasteiger partial charge in [-0.25, -0.2) is 4.39 Å². The van der Waals surface area contributed by atoms with Gasteiger partial charge in [0, 0.05) is 30.9 Å². The van der Waals surface area contributed by atoms with Crippen molar-refractivity contribution in [3.05, 3.63) is 95.7 Å². The summed E-state index contributed by atoms with van der Waals surface area (Å²) in [7, 11) is 0. The molecule has 0 fully saturated rings. The van der Waals surface area contributed by atoms with Gasteiger partial charge in [-0.2, -0.15) is 0 Å². The Morgan fingerprint density at radius 3 is 2.23 bits per heavy atom. The van der Waals surface area contributed by atoms with E-state index in [4.69, 9.17) is 0 Å². The Balaban J connectivity index is 2.53. The molecule has 1 atom stereocenters. The number of Topliss-reactive ketones (excluding diaryl/α,β-unsaturated/α-hetero) is 1. The molecule has 1 heterocycles. The van der Waals surface area contributed by atoms with Gasteiger partial charge in [0.2, 0.25) is 0 Å². The first kappa shape index (κ1) is 19.1. The first-order valence-corrected chi connectivity index (χ1v) is 7.97. The van der Waals surface area contributed by atoms with Gasteiger partial charge >= 0.3 is 0 Å². The molecule has 0 aliphatic heterocycles. The van der Waals surface area contributed by atoms with Crippen LogP contribution in [0.4, 0.5) is 4.39 Å². The van der Waals surface area contributed by atoms with Gasteiger partial charge in [0.1, 0.15) is 5.82 Å². The number of amides is 1. The van der Waals surface area contributed by atoms with Crippen molar-refractivity contribution in [2.45, 2.75) is 6.04 Å². The van der Waals surface area contributed by atoms with E-state index in [2.05, 4.69) is 13.2 Å². The number of aromatic nitrogens is 1. The van der Waals surface area contributed by atoms with Crippen LogP contribution in [0.1, 0.15) is 16.4 Å². The van der Waals surface area contributed by atoms with Gasteiger partial charge in [-0.1, -0.05) is 18.2 Å². The summed E-state index contributed by atoms with van der Waals surface area (Å²) in [5.74, 6) is -1.66. The first-order valence-electron chi connectivity index (χ1n) is 7.97. The van der Waals surface area contributed by atoms with E-state index in [1.54, 1.807) is 6.07 Å². The van der Waals surface area contributed by atoms with Crippen LogP contribution in [0.3, 0.4) is 0 Å². The quantitative estimate of drug-likeness (QED) is 0.416. The van der Waals surface area contributed by atoms with Gasteiger partial charge in [0.15, 0.2) is 11.8 Å². The summed E-state index contributed by atoms with van der Waals surface area (Å²) >= 11 is 0. The average Bonchev–Trinajstić information content (AvgIpc) is 2.63. The summed E-state index contributed by atoms with van der Waals surface area (Å²) < 4.78 is 14.2. The molecule has 0 bridgehead atoms. The van der Waals surface area contributed by atoms with E-state index < -0.39 is 29.1 Å². The van der Waals surface area contributed by atoms with Gasteiger partial charge in [-0.3, -0.25) is 19.0 Å². The molecule has 2 aromatic rings. The predicted octanol–water partition coefficient (Wildman–Crippen LogP) is 2.61. The van der Waals surface area contributed by atoms with Crippen molar-refractivity contribution in [2.75, 3.05) is 13.1 Å². The monoisotopic (exact) mass is 354 g/mol. The van der Waals surface area contributed by atoms with E-state index in [1.165, 1.54) is 47.5 Å². The van der Waals surface area contributed by atoms with E-state index in [9.17, 15) is 18.8 Å². The Bertz CT molecular complexity index is 861. The van der Waals surface area contributed by atoms with E-state index in [0.717, 1.165) is 16.7 Å². The number of benzene rings is 1. The van der Waals surface area contributed by atoms with Crippen LogP contribution >= 0.6 is 0 Å². The number of pyridine rings is 1. The van der Waals surface area contributed by atoms with E-state index in [-0.39, 0.29) is 18.7 Å². The van der Waals surface area contributed by atoms with E-state index in [1.807, 2.05) is 0 Å². The Morgan fingerprint density at radius 2 is 1.69 bits per heavy atom. The SMILES string of the molecule is C=CCN(CC=C)C(=O)[C@@H](C(=O)c1ccc(F)cc1)n1ccccc1=O. The van der Waals surface area contributed by atoms with Crippen LogP contribution in [0.25, 0.3) is 0 Å². The third-order valence-corrected chi connectivity index (χ3v) is 3.75. The van der Waals surface area contributed by atoms with Crippen molar-refractivity contribution in [1.29, 1.82) is 0 Å². The summed E-state index contributed by atoms with van der Waals surface area (Å²) in [4.78, 5) is 39.6. The van der Waals surface area contributed by atoms with Gasteiger partial charge in [-0.15, -0.1) is 13.2 Å². The van der Waals surface area contributed by atoms with E-state index >= 15 is 0 Å². The minimum absolute atomic E-state index is 0.137. The van der Waals surface area contributed by atoms with Gasteiger partial charge in [0.05, 0.1) is 0 Å². The van der Waals surface area contributed by atoms with Crippen LogP contribution in [0, 0.1) is 5.82 Å². The van der Waals surface area contributed by atoms with Crippen molar-refractivity contribution in [2.24, 2.45) is 0 Å². The van der Waals surface area contributed by atoms with E-state index in [0.29, 0.717) is 0 Å². The van der Waals surface area contributed by atoms with Gasteiger partial charge in [-0.05, 0) is 30.3 Å². The third kappa shape index (κ3) is 4.22. The molecule has 0 saturated heterocycles. The number of halogens is 1. The summed E-state index contributed by atoms with van der Waals surface area (Å²) in [5.41, 5.74) is -0.351. The standard InChI is InChI=1S/C20H19FN2O3/c1-3-12-22(13-4-2)20(26)18(23-14-6-5-7-17(23)24)19(25)15-8-10-16(21)11-9-15/h3-11,14,18H,1-2,12-13H2/t18-/m1/s1. The molecule has 0 saturated carbocycles. The molecular weight excluding hydrogens is 335 g/mol. The molecule has 5 nitrogen and oxygen atoms in total. The second kappa shape index (κ2) is 8.71. The topological polar surface area (TPSA) is 59.4 Å². The molecule has 6 heteroatoms. The molecule has 0 radical (unpaired) electrons. The number of hydrogen-bond donors (Lipinski definition) is 0. The average molecular weight is 354 g/mol. The lowest BCUT2D eigenvalue weighted by Crippen LogP contribution is -2.43. The van der Waals surface area contributed by atoms with Crippen molar-refractivity contribution in [1.82, 2.24) is 9.47 Å². The molecule has 26 heavy (non-hydrogen) atoms.